The molecule has 0 radical (unpaired) electrons. The molecule has 7 rings (SSSR count). The number of hydrogen-bond donors (Lipinski definition) is 2. The molecule has 0 saturated carbocycles. The summed E-state index contributed by atoms with van der Waals surface area (Å²) < 4.78 is 24.6. The van der Waals surface area contributed by atoms with Crippen molar-refractivity contribution in [3.8, 4) is 17.2 Å². The number of hydrogen-bond acceptors (Lipinski definition) is 9. The average Bonchev–Trinajstić information content (AvgIpc) is 3.93. The van der Waals surface area contributed by atoms with Gasteiger partial charge in [-0.15, -0.1) is 0 Å². The van der Waals surface area contributed by atoms with E-state index in [4.69, 9.17) is 23.6 Å². The molecule has 53 heavy (non-hydrogen) atoms. The van der Waals surface area contributed by atoms with Gasteiger partial charge in [-0.1, -0.05) is 30.3 Å². The van der Waals surface area contributed by atoms with E-state index >= 15 is 0 Å². The second-order valence-corrected chi connectivity index (χ2v) is 14.5. The van der Waals surface area contributed by atoms with Crippen LogP contribution in [-0.4, -0.2) is 90.5 Å². The first-order valence-electron chi connectivity index (χ1n) is 18.5. The van der Waals surface area contributed by atoms with E-state index in [1.165, 1.54) is 16.7 Å². The number of nitrogens with one attached hydrogen (secondary N) is 1. The van der Waals surface area contributed by atoms with Crippen molar-refractivity contribution in [2.24, 2.45) is 0 Å². The van der Waals surface area contributed by atoms with Crippen LogP contribution >= 0.6 is 0 Å². The Morgan fingerprint density at radius 1 is 0.925 bits per heavy atom. The molecule has 5 aromatic rings. The molecular formula is C42H51N5O6. The number of benzene rings is 3. The van der Waals surface area contributed by atoms with Gasteiger partial charge in [0.25, 0.3) is 5.91 Å². The fourth-order valence-electron chi connectivity index (χ4n) is 8.04. The number of carbonyl (C=O) groups excluding carboxylic acids is 1. The number of aliphatic hydroxyl groups is 1. The third kappa shape index (κ3) is 7.45. The summed E-state index contributed by atoms with van der Waals surface area (Å²) >= 11 is 0. The molecule has 2 aliphatic rings. The van der Waals surface area contributed by atoms with E-state index in [0.29, 0.717) is 48.2 Å². The van der Waals surface area contributed by atoms with Crippen molar-refractivity contribution >= 4 is 22.9 Å². The van der Waals surface area contributed by atoms with Crippen LogP contribution in [0, 0.1) is 13.8 Å². The first kappa shape index (κ1) is 36.4. The predicted molar refractivity (Wildman–Crippen MR) is 205 cm³/mol. The number of furan rings is 1. The third-order valence-electron chi connectivity index (χ3n) is 11.3. The average molecular weight is 722 g/mol. The number of imidazole rings is 1. The molecule has 11 heteroatoms. The van der Waals surface area contributed by atoms with Crippen molar-refractivity contribution < 1.29 is 28.5 Å². The number of para-hydroxylation sites is 2. The molecule has 0 bridgehead atoms. The lowest BCUT2D eigenvalue weighted by Gasteiger charge is -2.36. The van der Waals surface area contributed by atoms with E-state index in [2.05, 4.69) is 52.9 Å². The van der Waals surface area contributed by atoms with Crippen molar-refractivity contribution in [3.05, 3.63) is 101 Å². The summed E-state index contributed by atoms with van der Waals surface area (Å²) in [4.78, 5) is 23.6. The van der Waals surface area contributed by atoms with Gasteiger partial charge in [-0.2, -0.15) is 0 Å². The van der Waals surface area contributed by atoms with Crippen LogP contribution in [0.4, 0.5) is 5.95 Å². The standard InChI is InChI=1S/C42H51N5O6/c1-28-10-11-31(22-29(28)2)42(17-21-46(27-42)40(49)30-23-37(50-3)39(52-5)38(24-30)51-4)16-20-45-18-14-32(15-19-45)43-41-44-35-8-6-7-9-36(35)47(41)25-33-12-13-34(26-48)53-33/h6-13,22-24,32,48H,14-21,25-27H2,1-5H3,(H,43,44). The number of anilines is 1. The summed E-state index contributed by atoms with van der Waals surface area (Å²) in [5, 5.41) is 13.3. The number of rotatable bonds is 13. The molecule has 0 aliphatic carbocycles. The van der Waals surface area contributed by atoms with Gasteiger partial charge in [0.15, 0.2) is 11.5 Å². The Balaban J connectivity index is 1.04. The monoisotopic (exact) mass is 721 g/mol. The number of aliphatic hydroxyl groups excluding tert-OH is 1. The van der Waals surface area contributed by atoms with Crippen LogP contribution in [-0.2, 0) is 18.6 Å². The molecule has 2 aliphatic heterocycles. The highest BCUT2D eigenvalue weighted by Gasteiger charge is 2.42. The van der Waals surface area contributed by atoms with Gasteiger partial charge >= 0.3 is 0 Å². The number of aromatic nitrogens is 2. The van der Waals surface area contributed by atoms with Gasteiger partial charge in [-0.05, 0) is 99.2 Å². The Kier molecular flexibility index (Phi) is 10.7. The zero-order chi connectivity index (χ0) is 37.1. The number of likely N-dealkylation sites (tertiary alicyclic amines) is 2. The van der Waals surface area contributed by atoms with E-state index in [1.54, 1.807) is 33.5 Å². The van der Waals surface area contributed by atoms with Crippen molar-refractivity contribution in [2.45, 2.75) is 64.1 Å². The summed E-state index contributed by atoms with van der Waals surface area (Å²) in [5.74, 6) is 3.56. The molecule has 2 fully saturated rings. The highest BCUT2D eigenvalue weighted by molar-refractivity contribution is 5.96. The minimum absolute atomic E-state index is 0.0336. The predicted octanol–water partition coefficient (Wildman–Crippen LogP) is 6.56. The molecule has 0 spiro atoms. The maximum Gasteiger partial charge on any atom is 0.254 e. The first-order chi connectivity index (χ1) is 25.7. The highest BCUT2D eigenvalue weighted by atomic mass is 16.5. The maximum atomic E-state index is 14.0. The van der Waals surface area contributed by atoms with Gasteiger partial charge < -0.3 is 43.4 Å². The van der Waals surface area contributed by atoms with E-state index in [0.717, 1.165) is 68.1 Å². The van der Waals surface area contributed by atoms with Crippen LogP contribution in [0.3, 0.4) is 0 Å². The van der Waals surface area contributed by atoms with Gasteiger partial charge in [0.1, 0.15) is 18.1 Å². The molecular weight excluding hydrogens is 670 g/mol. The Morgan fingerprint density at radius 3 is 2.34 bits per heavy atom. The van der Waals surface area contributed by atoms with Gasteiger partial charge in [-0.25, -0.2) is 4.98 Å². The van der Waals surface area contributed by atoms with Crippen LogP contribution in [0.5, 0.6) is 17.2 Å². The van der Waals surface area contributed by atoms with E-state index < -0.39 is 0 Å². The molecule has 2 aromatic heterocycles. The Hall–Kier alpha value is -5.00. The summed E-state index contributed by atoms with van der Waals surface area (Å²) in [6.07, 6.45) is 3.86. The largest absolute Gasteiger partial charge is 0.493 e. The summed E-state index contributed by atoms with van der Waals surface area (Å²) in [6, 6.07) is 22.5. The number of aryl methyl sites for hydroxylation is 2. The van der Waals surface area contributed by atoms with Gasteiger partial charge in [0.05, 0.1) is 38.9 Å². The van der Waals surface area contributed by atoms with Crippen molar-refractivity contribution in [1.82, 2.24) is 19.4 Å². The fraction of sp³-hybridized carbons (Fsp3) is 0.429. The van der Waals surface area contributed by atoms with Gasteiger partial charge in [-0.3, -0.25) is 4.79 Å². The van der Waals surface area contributed by atoms with Crippen LogP contribution in [0.25, 0.3) is 11.0 Å². The number of piperidine rings is 1. The molecule has 1 amide bonds. The number of nitrogens with zero attached hydrogens (tertiary/aromatic N) is 4. The minimum atomic E-state index is -0.156. The zero-order valence-corrected chi connectivity index (χ0v) is 31.5. The lowest BCUT2D eigenvalue weighted by atomic mass is 9.75. The number of carbonyl (C=O) groups is 1. The van der Waals surface area contributed by atoms with E-state index in [9.17, 15) is 9.90 Å². The Morgan fingerprint density at radius 2 is 1.66 bits per heavy atom. The van der Waals surface area contributed by atoms with Gasteiger partial charge in [0, 0.05) is 43.2 Å². The molecule has 3 aromatic carbocycles. The smallest absolute Gasteiger partial charge is 0.254 e. The molecule has 11 nitrogen and oxygen atoms in total. The molecule has 4 heterocycles. The molecule has 1 atom stereocenters. The highest BCUT2D eigenvalue weighted by Crippen LogP contribution is 2.42. The number of amides is 1. The number of fused-ring (bicyclic) bond motifs is 1. The summed E-state index contributed by atoms with van der Waals surface area (Å²) in [6.45, 7) is 8.97. The minimum Gasteiger partial charge on any atom is -0.493 e. The topological polar surface area (TPSA) is 114 Å². The Bertz CT molecular complexity index is 2040. The van der Waals surface area contributed by atoms with Crippen LogP contribution in [0.2, 0.25) is 0 Å². The van der Waals surface area contributed by atoms with Gasteiger partial charge in [0.2, 0.25) is 11.7 Å². The van der Waals surface area contributed by atoms with Crippen LogP contribution in [0.1, 0.15) is 64.3 Å². The third-order valence-corrected chi connectivity index (χ3v) is 11.3. The fourth-order valence-corrected chi connectivity index (χ4v) is 8.04. The van der Waals surface area contributed by atoms with Crippen molar-refractivity contribution in [1.29, 1.82) is 0 Å². The van der Waals surface area contributed by atoms with Crippen molar-refractivity contribution in [3.63, 3.8) is 0 Å². The zero-order valence-electron chi connectivity index (χ0n) is 31.5. The molecule has 2 saturated heterocycles. The number of ether oxygens (including phenoxy) is 3. The summed E-state index contributed by atoms with van der Waals surface area (Å²) in [5.41, 5.74) is 6.20. The SMILES string of the molecule is COc1cc(C(=O)N2CCC(CCN3CCC(Nc4nc5ccccc5n4Cc4ccc(CO)o4)CC3)(c3ccc(C)c(C)c3)C2)cc(OC)c1OC. The molecule has 2 N–H and O–H groups in total. The van der Waals surface area contributed by atoms with Crippen molar-refractivity contribution in [2.75, 3.05) is 59.4 Å². The molecule has 280 valence electrons. The van der Waals surface area contributed by atoms with Crippen LogP contribution < -0.4 is 19.5 Å². The normalized spacial score (nSPS) is 18.1. The second kappa shape index (κ2) is 15.5. The van der Waals surface area contributed by atoms with E-state index in [1.807, 2.05) is 35.2 Å². The number of methoxy groups -OCH3 is 3. The first-order valence-corrected chi connectivity index (χ1v) is 18.5. The second-order valence-electron chi connectivity index (χ2n) is 14.5. The Labute approximate surface area is 311 Å². The summed E-state index contributed by atoms with van der Waals surface area (Å²) in [7, 11) is 4.70. The quantitative estimate of drug-likeness (QED) is 0.140. The van der Waals surface area contributed by atoms with E-state index in [-0.39, 0.29) is 24.0 Å². The lowest BCUT2D eigenvalue weighted by Crippen LogP contribution is -2.42. The van der Waals surface area contributed by atoms with Crippen LogP contribution in [0.15, 0.2) is 71.1 Å². The molecule has 1 unspecified atom stereocenters. The lowest BCUT2D eigenvalue weighted by molar-refractivity contribution is 0.0779. The maximum absolute atomic E-state index is 14.0.